The molecule has 0 amide bonds. The summed E-state index contributed by atoms with van der Waals surface area (Å²) in [7, 11) is 2.18. The van der Waals surface area contributed by atoms with Crippen molar-refractivity contribution < 1.29 is 4.74 Å². The van der Waals surface area contributed by atoms with Crippen LogP contribution in [0.2, 0.25) is 0 Å². The van der Waals surface area contributed by atoms with Gasteiger partial charge in [0.2, 0.25) is 0 Å². The Labute approximate surface area is 108 Å². The van der Waals surface area contributed by atoms with Gasteiger partial charge >= 0.3 is 0 Å². The Kier molecular flexibility index (Phi) is 4.20. The van der Waals surface area contributed by atoms with Gasteiger partial charge in [-0.25, -0.2) is 0 Å². The molecule has 3 nitrogen and oxygen atoms in total. The summed E-state index contributed by atoms with van der Waals surface area (Å²) >= 11 is 1.82. The van der Waals surface area contributed by atoms with Crippen LogP contribution < -0.4 is 5.73 Å². The number of thiophene rings is 1. The average molecular weight is 254 g/mol. The molecular formula is C13H22N2OS. The summed E-state index contributed by atoms with van der Waals surface area (Å²) in [6.07, 6.45) is 1.09. The molecule has 2 unspecified atom stereocenters. The highest BCUT2D eigenvalue weighted by Gasteiger charge is 2.35. The van der Waals surface area contributed by atoms with E-state index < -0.39 is 0 Å². The largest absolute Gasteiger partial charge is 0.381 e. The van der Waals surface area contributed by atoms with Gasteiger partial charge in [0.05, 0.1) is 6.61 Å². The predicted molar refractivity (Wildman–Crippen MR) is 72.3 cm³/mol. The third-order valence-electron chi connectivity index (χ3n) is 3.82. The van der Waals surface area contributed by atoms with E-state index in [9.17, 15) is 0 Å². The maximum absolute atomic E-state index is 5.93. The van der Waals surface area contributed by atoms with E-state index in [2.05, 4.69) is 36.4 Å². The fraction of sp³-hybridized carbons (Fsp3) is 0.692. The maximum atomic E-state index is 5.93. The summed E-state index contributed by atoms with van der Waals surface area (Å²) in [6, 6.07) is 4.77. The van der Waals surface area contributed by atoms with Crippen molar-refractivity contribution in [3.05, 3.63) is 22.4 Å². The Bertz CT molecular complexity index is 333. The van der Waals surface area contributed by atoms with Gasteiger partial charge in [-0.3, -0.25) is 4.90 Å². The van der Waals surface area contributed by atoms with Crippen LogP contribution in [0.1, 0.15) is 24.3 Å². The fourth-order valence-corrected chi connectivity index (χ4v) is 3.26. The highest BCUT2D eigenvalue weighted by Crippen LogP contribution is 2.32. The molecule has 4 heteroatoms. The van der Waals surface area contributed by atoms with E-state index in [1.165, 1.54) is 4.88 Å². The lowest BCUT2D eigenvalue weighted by molar-refractivity contribution is 0.111. The molecule has 0 aliphatic carbocycles. The van der Waals surface area contributed by atoms with E-state index in [0.29, 0.717) is 12.6 Å². The van der Waals surface area contributed by atoms with Crippen molar-refractivity contribution in [3.8, 4) is 0 Å². The zero-order valence-electron chi connectivity index (χ0n) is 10.7. The molecular weight excluding hydrogens is 232 g/mol. The number of hydrogen-bond donors (Lipinski definition) is 1. The van der Waals surface area contributed by atoms with Crippen molar-refractivity contribution in [2.75, 3.05) is 33.4 Å². The zero-order valence-corrected chi connectivity index (χ0v) is 11.5. The first-order chi connectivity index (χ1) is 8.17. The Morgan fingerprint density at radius 3 is 3.00 bits per heavy atom. The van der Waals surface area contributed by atoms with E-state index in [1.54, 1.807) is 0 Å². The van der Waals surface area contributed by atoms with E-state index in [-0.39, 0.29) is 5.41 Å². The smallest absolute Gasteiger partial charge is 0.0547 e. The average Bonchev–Trinajstić information content (AvgIpc) is 2.99. The van der Waals surface area contributed by atoms with Gasteiger partial charge in [0, 0.05) is 36.0 Å². The third kappa shape index (κ3) is 2.88. The lowest BCUT2D eigenvalue weighted by Gasteiger charge is -2.34. The monoisotopic (exact) mass is 254 g/mol. The molecule has 0 saturated carbocycles. The molecule has 1 aliphatic heterocycles. The molecule has 2 atom stereocenters. The first kappa shape index (κ1) is 13.0. The minimum atomic E-state index is 0.167. The standard InChI is InChI=1S/C13H22N2OS/c1-11(12-4-3-7-17-12)15(2)9-13(8-14)5-6-16-10-13/h3-4,7,11H,5-6,8-10,14H2,1-2H3. The molecule has 2 rings (SSSR count). The summed E-state index contributed by atoms with van der Waals surface area (Å²) < 4.78 is 5.52. The van der Waals surface area contributed by atoms with Gasteiger partial charge in [-0.1, -0.05) is 6.07 Å². The molecule has 2 heterocycles. The summed E-state index contributed by atoms with van der Waals surface area (Å²) in [5, 5.41) is 2.14. The van der Waals surface area contributed by atoms with Crippen LogP contribution in [-0.2, 0) is 4.74 Å². The van der Waals surface area contributed by atoms with Crippen molar-refractivity contribution in [1.29, 1.82) is 0 Å². The van der Waals surface area contributed by atoms with Crippen molar-refractivity contribution in [2.24, 2.45) is 11.1 Å². The zero-order chi connectivity index (χ0) is 12.3. The Hall–Kier alpha value is -0.420. The maximum Gasteiger partial charge on any atom is 0.0547 e. The van der Waals surface area contributed by atoms with Crippen molar-refractivity contribution >= 4 is 11.3 Å². The van der Waals surface area contributed by atoms with Gasteiger partial charge in [-0.05, 0) is 31.8 Å². The first-order valence-corrected chi connectivity index (χ1v) is 7.06. The molecule has 0 bridgehead atoms. The Morgan fingerprint density at radius 1 is 1.65 bits per heavy atom. The minimum Gasteiger partial charge on any atom is -0.381 e. The number of hydrogen-bond acceptors (Lipinski definition) is 4. The van der Waals surface area contributed by atoms with Crippen LogP contribution in [0.3, 0.4) is 0 Å². The van der Waals surface area contributed by atoms with Crippen LogP contribution in [0.15, 0.2) is 17.5 Å². The SMILES string of the molecule is CC(c1cccs1)N(C)CC1(CN)CCOC1. The van der Waals surface area contributed by atoms with E-state index in [0.717, 1.165) is 26.2 Å². The highest BCUT2D eigenvalue weighted by molar-refractivity contribution is 7.10. The lowest BCUT2D eigenvalue weighted by atomic mass is 9.86. The van der Waals surface area contributed by atoms with Crippen molar-refractivity contribution in [1.82, 2.24) is 4.90 Å². The quantitative estimate of drug-likeness (QED) is 0.874. The first-order valence-electron chi connectivity index (χ1n) is 6.18. The van der Waals surface area contributed by atoms with Gasteiger partial charge in [-0.2, -0.15) is 0 Å². The molecule has 17 heavy (non-hydrogen) atoms. The number of ether oxygens (including phenoxy) is 1. The molecule has 1 fully saturated rings. The van der Waals surface area contributed by atoms with Crippen LogP contribution in [0.25, 0.3) is 0 Å². The number of rotatable bonds is 5. The van der Waals surface area contributed by atoms with Crippen LogP contribution in [0.4, 0.5) is 0 Å². The van der Waals surface area contributed by atoms with Crippen LogP contribution >= 0.6 is 11.3 Å². The predicted octanol–water partition coefficient (Wildman–Crippen LogP) is 2.11. The summed E-state index contributed by atoms with van der Waals surface area (Å²) in [5.41, 5.74) is 6.10. The van der Waals surface area contributed by atoms with E-state index in [1.807, 2.05) is 11.3 Å². The molecule has 96 valence electrons. The van der Waals surface area contributed by atoms with Gasteiger partial charge in [-0.15, -0.1) is 11.3 Å². The van der Waals surface area contributed by atoms with Gasteiger partial charge in [0.25, 0.3) is 0 Å². The number of nitrogens with two attached hydrogens (primary N) is 1. The summed E-state index contributed by atoms with van der Waals surface area (Å²) in [6.45, 7) is 5.66. The molecule has 1 saturated heterocycles. The minimum absolute atomic E-state index is 0.167. The van der Waals surface area contributed by atoms with Crippen LogP contribution in [0, 0.1) is 5.41 Å². The normalized spacial score (nSPS) is 26.6. The molecule has 0 spiro atoms. The fourth-order valence-electron chi connectivity index (χ4n) is 2.41. The Balaban J connectivity index is 1.98. The lowest BCUT2D eigenvalue weighted by Crippen LogP contribution is -2.42. The molecule has 2 N–H and O–H groups in total. The van der Waals surface area contributed by atoms with Gasteiger partial charge < -0.3 is 10.5 Å². The van der Waals surface area contributed by atoms with Gasteiger partial charge in [0.15, 0.2) is 0 Å². The second-order valence-corrected chi connectivity index (χ2v) is 6.09. The molecule has 1 aromatic heterocycles. The second-order valence-electron chi connectivity index (χ2n) is 5.11. The van der Waals surface area contributed by atoms with Crippen molar-refractivity contribution in [2.45, 2.75) is 19.4 Å². The molecule has 0 aromatic carbocycles. The third-order valence-corrected chi connectivity index (χ3v) is 4.86. The Morgan fingerprint density at radius 2 is 2.47 bits per heavy atom. The second kappa shape index (κ2) is 5.48. The topological polar surface area (TPSA) is 38.5 Å². The van der Waals surface area contributed by atoms with Crippen LogP contribution in [0.5, 0.6) is 0 Å². The molecule has 1 aliphatic rings. The number of nitrogens with zero attached hydrogens (tertiary/aromatic N) is 1. The van der Waals surface area contributed by atoms with E-state index >= 15 is 0 Å². The van der Waals surface area contributed by atoms with Crippen LogP contribution in [-0.4, -0.2) is 38.3 Å². The van der Waals surface area contributed by atoms with E-state index in [4.69, 9.17) is 10.5 Å². The summed E-state index contributed by atoms with van der Waals surface area (Å²) in [5.74, 6) is 0. The molecule has 1 aromatic rings. The van der Waals surface area contributed by atoms with Crippen molar-refractivity contribution in [3.63, 3.8) is 0 Å². The summed E-state index contributed by atoms with van der Waals surface area (Å²) in [4.78, 5) is 3.81. The highest BCUT2D eigenvalue weighted by atomic mass is 32.1. The molecule has 0 radical (unpaired) electrons. The van der Waals surface area contributed by atoms with Gasteiger partial charge in [0.1, 0.15) is 0 Å².